The van der Waals surface area contributed by atoms with Crippen LogP contribution in [0.15, 0.2) is 23.3 Å². The fourth-order valence-electron chi connectivity index (χ4n) is 0.352. The summed E-state index contributed by atoms with van der Waals surface area (Å²) in [4.78, 5) is 10.4. The Morgan fingerprint density at radius 2 is 2.36 bits per heavy atom. The zero-order valence-electron chi connectivity index (χ0n) is 6.08. The van der Waals surface area contributed by atoms with Crippen LogP contribution >= 0.6 is 11.6 Å². The molecule has 4 heteroatoms. The maximum Gasteiger partial charge on any atom is 0.330 e. The second-order valence-electron chi connectivity index (χ2n) is 1.65. The predicted molar refractivity (Wildman–Crippen MR) is 42.2 cm³/mol. The molecule has 0 aliphatic rings. The fraction of sp³-hybridized carbons (Fsp3) is 0.286. The molecule has 0 aliphatic heterocycles. The first-order valence-corrected chi connectivity index (χ1v) is 3.30. The first kappa shape index (κ1) is 10.2. The Labute approximate surface area is 69.9 Å². The van der Waals surface area contributed by atoms with Crippen molar-refractivity contribution in [3.05, 3.63) is 23.3 Å². The fourth-order valence-corrected chi connectivity index (χ4v) is 0.425. The number of esters is 1. The molecule has 62 valence electrons. The van der Waals surface area contributed by atoms with E-state index in [-0.39, 0.29) is 11.6 Å². The van der Waals surface area contributed by atoms with E-state index in [9.17, 15) is 4.79 Å². The standard InChI is InChI=1S/C7H9ClO3/c1-11-7(10)4-2-3-6(8)5-9/h2-4,9H,5H2,1H3/b4-2+,6-3+. The molecule has 1 N–H and O–H groups in total. The summed E-state index contributed by atoms with van der Waals surface area (Å²) in [6, 6.07) is 0. The Morgan fingerprint density at radius 3 is 2.82 bits per heavy atom. The minimum Gasteiger partial charge on any atom is -0.466 e. The van der Waals surface area contributed by atoms with E-state index in [1.165, 1.54) is 25.3 Å². The number of carbonyl (C=O) groups is 1. The van der Waals surface area contributed by atoms with E-state index in [1.807, 2.05) is 0 Å². The average Bonchev–Trinajstić information content (AvgIpc) is 2.04. The lowest BCUT2D eigenvalue weighted by Crippen LogP contribution is -1.92. The molecule has 0 spiro atoms. The van der Waals surface area contributed by atoms with E-state index in [0.29, 0.717) is 0 Å². The molecule has 0 aliphatic carbocycles. The van der Waals surface area contributed by atoms with E-state index >= 15 is 0 Å². The van der Waals surface area contributed by atoms with Crippen LogP contribution in [-0.2, 0) is 9.53 Å². The van der Waals surface area contributed by atoms with Crippen LogP contribution in [0, 0.1) is 0 Å². The third kappa shape index (κ3) is 5.63. The molecule has 3 nitrogen and oxygen atoms in total. The lowest BCUT2D eigenvalue weighted by molar-refractivity contribution is -0.134. The number of methoxy groups -OCH3 is 1. The molecular formula is C7H9ClO3. The SMILES string of the molecule is COC(=O)/C=C/C=C(/Cl)CO. The summed E-state index contributed by atoms with van der Waals surface area (Å²) in [5.41, 5.74) is 0. The van der Waals surface area contributed by atoms with Crippen molar-refractivity contribution in [1.82, 2.24) is 0 Å². The molecule has 0 bridgehead atoms. The molecule has 0 saturated heterocycles. The van der Waals surface area contributed by atoms with Crippen LogP contribution in [0.3, 0.4) is 0 Å². The lowest BCUT2D eigenvalue weighted by atomic mass is 10.4. The van der Waals surface area contributed by atoms with Gasteiger partial charge in [0.1, 0.15) is 0 Å². The molecule has 11 heavy (non-hydrogen) atoms. The van der Waals surface area contributed by atoms with Gasteiger partial charge in [0, 0.05) is 11.1 Å². The van der Waals surface area contributed by atoms with Gasteiger partial charge in [-0.25, -0.2) is 4.79 Å². The van der Waals surface area contributed by atoms with Gasteiger partial charge < -0.3 is 9.84 Å². The third-order valence-corrected chi connectivity index (χ3v) is 1.11. The zero-order chi connectivity index (χ0) is 8.69. The van der Waals surface area contributed by atoms with Gasteiger partial charge in [-0.2, -0.15) is 0 Å². The smallest absolute Gasteiger partial charge is 0.330 e. The molecule has 0 atom stereocenters. The quantitative estimate of drug-likeness (QED) is 0.394. The van der Waals surface area contributed by atoms with E-state index in [1.54, 1.807) is 0 Å². The van der Waals surface area contributed by atoms with Crippen LogP contribution in [-0.4, -0.2) is 24.8 Å². The van der Waals surface area contributed by atoms with Gasteiger partial charge in [-0.15, -0.1) is 0 Å². The van der Waals surface area contributed by atoms with Crippen LogP contribution in [0.4, 0.5) is 0 Å². The maximum absolute atomic E-state index is 10.4. The monoisotopic (exact) mass is 176 g/mol. The first-order valence-electron chi connectivity index (χ1n) is 2.92. The van der Waals surface area contributed by atoms with Crippen molar-refractivity contribution in [2.75, 3.05) is 13.7 Å². The van der Waals surface area contributed by atoms with Crippen molar-refractivity contribution < 1.29 is 14.6 Å². The highest BCUT2D eigenvalue weighted by Gasteiger charge is 1.88. The third-order valence-electron chi connectivity index (χ3n) is 0.862. The summed E-state index contributed by atoms with van der Waals surface area (Å²) in [5.74, 6) is -0.455. The molecule has 0 saturated carbocycles. The number of hydrogen-bond donors (Lipinski definition) is 1. The van der Waals surface area contributed by atoms with Crippen molar-refractivity contribution in [2.24, 2.45) is 0 Å². The van der Waals surface area contributed by atoms with E-state index < -0.39 is 5.97 Å². The highest BCUT2D eigenvalue weighted by molar-refractivity contribution is 6.29. The molecule has 0 fully saturated rings. The number of ether oxygens (including phenoxy) is 1. The lowest BCUT2D eigenvalue weighted by Gasteiger charge is -1.88. The second-order valence-corrected chi connectivity index (χ2v) is 2.14. The molecule has 0 aromatic carbocycles. The number of aliphatic hydroxyl groups is 1. The molecule has 0 radical (unpaired) electrons. The Morgan fingerprint density at radius 1 is 1.73 bits per heavy atom. The van der Waals surface area contributed by atoms with Gasteiger partial charge in [-0.1, -0.05) is 17.7 Å². The minimum atomic E-state index is -0.455. The van der Waals surface area contributed by atoms with Crippen molar-refractivity contribution in [1.29, 1.82) is 0 Å². The molecule has 0 unspecified atom stereocenters. The summed E-state index contributed by atoms with van der Waals surface area (Å²) in [5, 5.41) is 8.68. The summed E-state index contributed by atoms with van der Waals surface area (Å²) in [6.45, 7) is -0.229. The van der Waals surface area contributed by atoms with Crippen LogP contribution in [0.5, 0.6) is 0 Å². The van der Waals surface area contributed by atoms with Crippen molar-refractivity contribution in [3.8, 4) is 0 Å². The number of carbonyl (C=O) groups excluding carboxylic acids is 1. The largest absolute Gasteiger partial charge is 0.466 e. The normalized spacial score (nSPS) is 12.1. The number of hydrogen-bond acceptors (Lipinski definition) is 3. The van der Waals surface area contributed by atoms with Crippen LogP contribution < -0.4 is 0 Å². The van der Waals surface area contributed by atoms with E-state index in [4.69, 9.17) is 16.7 Å². The van der Waals surface area contributed by atoms with Gasteiger partial charge in [-0.3, -0.25) is 0 Å². The van der Waals surface area contributed by atoms with Crippen LogP contribution in [0.25, 0.3) is 0 Å². The van der Waals surface area contributed by atoms with E-state index in [0.717, 1.165) is 0 Å². The Balaban J connectivity index is 3.85. The maximum atomic E-state index is 10.4. The molecular weight excluding hydrogens is 168 g/mol. The highest BCUT2D eigenvalue weighted by Crippen LogP contribution is 1.98. The van der Waals surface area contributed by atoms with Crippen molar-refractivity contribution >= 4 is 17.6 Å². The second kappa shape index (κ2) is 5.95. The number of halogens is 1. The van der Waals surface area contributed by atoms with Gasteiger partial charge in [0.2, 0.25) is 0 Å². The minimum absolute atomic E-state index is 0.229. The first-order chi connectivity index (χ1) is 5.20. The molecule has 0 aromatic heterocycles. The summed E-state index contributed by atoms with van der Waals surface area (Å²) < 4.78 is 4.31. The molecule has 0 aromatic rings. The van der Waals surface area contributed by atoms with Gasteiger partial charge in [-0.05, 0) is 6.08 Å². The highest BCUT2D eigenvalue weighted by atomic mass is 35.5. The number of aliphatic hydroxyl groups excluding tert-OH is 1. The van der Waals surface area contributed by atoms with Crippen molar-refractivity contribution in [2.45, 2.75) is 0 Å². The average molecular weight is 177 g/mol. The summed E-state index contributed by atoms with van der Waals surface area (Å²) in [7, 11) is 1.28. The van der Waals surface area contributed by atoms with Gasteiger partial charge in [0.25, 0.3) is 0 Å². The zero-order valence-corrected chi connectivity index (χ0v) is 6.84. The topological polar surface area (TPSA) is 46.5 Å². The molecule has 0 rings (SSSR count). The summed E-state index contributed by atoms with van der Waals surface area (Å²) in [6.07, 6.45) is 4.03. The summed E-state index contributed by atoms with van der Waals surface area (Å²) >= 11 is 5.40. The Kier molecular flexibility index (Phi) is 5.51. The number of rotatable bonds is 3. The number of allylic oxidation sites excluding steroid dienone is 2. The van der Waals surface area contributed by atoms with E-state index in [2.05, 4.69) is 4.74 Å². The molecule has 0 amide bonds. The Bertz CT molecular complexity index is 184. The van der Waals surface area contributed by atoms with Crippen molar-refractivity contribution in [3.63, 3.8) is 0 Å². The van der Waals surface area contributed by atoms with Crippen LogP contribution in [0.1, 0.15) is 0 Å². The predicted octanol–water partition coefficient (Wildman–Crippen LogP) is 0.831. The van der Waals surface area contributed by atoms with Crippen LogP contribution in [0.2, 0.25) is 0 Å². The van der Waals surface area contributed by atoms with Gasteiger partial charge in [0.15, 0.2) is 0 Å². The molecule has 0 heterocycles. The van der Waals surface area contributed by atoms with Gasteiger partial charge in [0.05, 0.1) is 13.7 Å². The Hall–Kier alpha value is -0.800. The van der Waals surface area contributed by atoms with Gasteiger partial charge >= 0.3 is 5.97 Å².